The zero-order valence-electron chi connectivity index (χ0n) is 14.2. The Bertz CT molecular complexity index is 714. The molecule has 6 nitrogen and oxygen atoms in total. The molecule has 25 heavy (non-hydrogen) atoms. The van der Waals surface area contributed by atoms with Crippen LogP contribution in [0.5, 0.6) is 0 Å². The normalized spacial score (nSPS) is 21.7. The molecule has 2 saturated heterocycles. The second-order valence-corrected chi connectivity index (χ2v) is 6.86. The van der Waals surface area contributed by atoms with Crippen molar-refractivity contribution < 1.29 is 18.8 Å². The molecule has 1 aromatic rings. The van der Waals surface area contributed by atoms with E-state index in [9.17, 15) is 18.8 Å². The molecule has 2 N–H and O–H groups in total. The minimum Gasteiger partial charge on any atom is -0.369 e. The molecule has 134 valence electrons. The summed E-state index contributed by atoms with van der Waals surface area (Å²) in [5.41, 5.74) is 6.30. The van der Waals surface area contributed by atoms with Crippen molar-refractivity contribution in [1.29, 1.82) is 0 Å². The Morgan fingerprint density at radius 3 is 2.48 bits per heavy atom. The number of likely N-dealkylation sites (tertiary alicyclic amines) is 1. The van der Waals surface area contributed by atoms with Crippen LogP contribution in [0.15, 0.2) is 18.2 Å². The van der Waals surface area contributed by atoms with Gasteiger partial charge in [-0.1, -0.05) is 6.07 Å². The summed E-state index contributed by atoms with van der Waals surface area (Å²) in [5, 5.41) is 0. The van der Waals surface area contributed by atoms with Crippen LogP contribution in [-0.4, -0.2) is 42.3 Å². The average Bonchev–Trinajstić information content (AvgIpc) is 2.96. The smallest absolute Gasteiger partial charge is 0.228 e. The Morgan fingerprint density at radius 1 is 1.20 bits per heavy atom. The monoisotopic (exact) mass is 347 g/mol. The van der Waals surface area contributed by atoms with Crippen molar-refractivity contribution in [3.05, 3.63) is 29.6 Å². The molecule has 0 spiro atoms. The SMILES string of the molecule is Cc1ccc(N2C[C@H](C(=O)N3CCC(C(N)=O)CC3)CC2=O)c(F)c1. The Labute approximate surface area is 145 Å². The Morgan fingerprint density at radius 2 is 1.88 bits per heavy atom. The number of benzene rings is 1. The summed E-state index contributed by atoms with van der Waals surface area (Å²) in [6, 6.07) is 4.70. The van der Waals surface area contributed by atoms with Crippen molar-refractivity contribution in [2.45, 2.75) is 26.2 Å². The van der Waals surface area contributed by atoms with E-state index < -0.39 is 11.7 Å². The Kier molecular flexibility index (Phi) is 4.74. The van der Waals surface area contributed by atoms with E-state index in [1.165, 1.54) is 11.0 Å². The first-order valence-corrected chi connectivity index (χ1v) is 8.51. The lowest BCUT2D eigenvalue weighted by molar-refractivity contribution is -0.138. The van der Waals surface area contributed by atoms with E-state index in [4.69, 9.17) is 5.73 Å². The van der Waals surface area contributed by atoms with Crippen LogP contribution in [-0.2, 0) is 14.4 Å². The van der Waals surface area contributed by atoms with Gasteiger partial charge in [0.05, 0.1) is 11.6 Å². The topological polar surface area (TPSA) is 83.7 Å². The van der Waals surface area contributed by atoms with Gasteiger partial charge >= 0.3 is 0 Å². The number of piperidine rings is 1. The number of halogens is 1. The number of rotatable bonds is 3. The number of hydrogen-bond acceptors (Lipinski definition) is 3. The molecule has 3 amide bonds. The molecule has 2 fully saturated rings. The summed E-state index contributed by atoms with van der Waals surface area (Å²) in [5.74, 6) is -1.79. The molecular formula is C18H22FN3O3. The minimum atomic E-state index is -0.474. The number of nitrogens with zero attached hydrogens (tertiary/aromatic N) is 2. The number of aryl methyl sites for hydroxylation is 1. The predicted molar refractivity (Wildman–Crippen MR) is 90.1 cm³/mol. The van der Waals surface area contributed by atoms with Gasteiger partial charge in [0.1, 0.15) is 5.82 Å². The minimum absolute atomic E-state index is 0.0852. The average molecular weight is 347 g/mol. The van der Waals surface area contributed by atoms with Crippen LogP contribution < -0.4 is 10.6 Å². The molecule has 0 aromatic heterocycles. The van der Waals surface area contributed by atoms with E-state index in [1.807, 2.05) is 0 Å². The van der Waals surface area contributed by atoms with Crippen LogP contribution in [0.3, 0.4) is 0 Å². The fourth-order valence-electron chi connectivity index (χ4n) is 3.58. The lowest BCUT2D eigenvalue weighted by atomic mass is 9.95. The molecule has 2 aliphatic heterocycles. The van der Waals surface area contributed by atoms with Gasteiger partial charge in [0.15, 0.2) is 0 Å². The maximum absolute atomic E-state index is 14.1. The number of carbonyl (C=O) groups excluding carboxylic acids is 3. The number of anilines is 1. The van der Waals surface area contributed by atoms with E-state index >= 15 is 0 Å². The van der Waals surface area contributed by atoms with Gasteiger partial charge in [-0.05, 0) is 37.5 Å². The van der Waals surface area contributed by atoms with Crippen LogP contribution in [0.1, 0.15) is 24.8 Å². The molecular weight excluding hydrogens is 325 g/mol. The van der Waals surface area contributed by atoms with E-state index in [0.717, 1.165) is 5.56 Å². The first-order chi connectivity index (χ1) is 11.9. The number of carbonyl (C=O) groups is 3. The summed E-state index contributed by atoms with van der Waals surface area (Å²) < 4.78 is 14.1. The highest BCUT2D eigenvalue weighted by molar-refractivity contribution is 6.00. The molecule has 0 radical (unpaired) electrons. The lowest BCUT2D eigenvalue weighted by Gasteiger charge is -2.32. The highest BCUT2D eigenvalue weighted by atomic mass is 19.1. The summed E-state index contributed by atoms with van der Waals surface area (Å²) >= 11 is 0. The molecule has 3 rings (SSSR count). The molecule has 2 heterocycles. The second kappa shape index (κ2) is 6.82. The molecule has 7 heteroatoms. The molecule has 0 saturated carbocycles. The third-order valence-electron chi connectivity index (χ3n) is 5.08. The Balaban J connectivity index is 1.66. The van der Waals surface area contributed by atoms with Gasteiger partial charge < -0.3 is 15.5 Å². The quantitative estimate of drug-likeness (QED) is 0.892. The fourth-order valence-corrected chi connectivity index (χ4v) is 3.58. The van der Waals surface area contributed by atoms with E-state index in [2.05, 4.69) is 0 Å². The van der Waals surface area contributed by atoms with E-state index in [0.29, 0.717) is 25.9 Å². The number of nitrogens with two attached hydrogens (primary N) is 1. The van der Waals surface area contributed by atoms with Crippen molar-refractivity contribution in [1.82, 2.24) is 4.90 Å². The zero-order valence-corrected chi connectivity index (χ0v) is 14.2. The third kappa shape index (κ3) is 3.50. The molecule has 2 aliphatic rings. The number of amides is 3. The lowest BCUT2D eigenvalue weighted by Crippen LogP contribution is -2.44. The van der Waals surface area contributed by atoms with E-state index in [1.54, 1.807) is 24.0 Å². The molecule has 0 unspecified atom stereocenters. The van der Waals surface area contributed by atoms with Crippen LogP contribution in [0, 0.1) is 24.6 Å². The van der Waals surface area contributed by atoms with Crippen LogP contribution in [0.4, 0.5) is 10.1 Å². The van der Waals surface area contributed by atoms with Crippen LogP contribution in [0.25, 0.3) is 0 Å². The largest absolute Gasteiger partial charge is 0.369 e. The Hall–Kier alpha value is -2.44. The van der Waals surface area contributed by atoms with Gasteiger partial charge in [-0.3, -0.25) is 14.4 Å². The fraction of sp³-hybridized carbons (Fsp3) is 0.500. The summed E-state index contributed by atoms with van der Waals surface area (Å²) in [7, 11) is 0. The van der Waals surface area contributed by atoms with Gasteiger partial charge in [-0.2, -0.15) is 0 Å². The highest BCUT2D eigenvalue weighted by Crippen LogP contribution is 2.30. The van der Waals surface area contributed by atoms with Crippen LogP contribution in [0.2, 0.25) is 0 Å². The molecule has 1 aromatic carbocycles. The third-order valence-corrected chi connectivity index (χ3v) is 5.08. The van der Waals surface area contributed by atoms with Gasteiger partial charge in [-0.15, -0.1) is 0 Å². The highest BCUT2D eigenvalue weighted by Gasteiger charge is 2.39. The van der Waals surface area contributed by atoms with Crippen molar-refractivity contribution in [2.75, 3.05) is 24.5 Å². The number of hydrogen-bond donors (Lipinski definition) is 1. The first-order valence-electron chi connectivity index (χ1n) is 8.51. The maximum atomic E-state index is 14.1. The van der Waals surface area contributed by atoms with Crippen molar-refractivity contribution in [2.24, 2.45) is 17.6 Å². The molecule has 1 atom stereocenters. The first kappa shape index (κ1) is 17.4. The molecule has 0 bridgehead atoms. The van der Waals surface area contributed by atoms with Crippen molar-refractivity contribution in [3.8, 4) is 0 Å². The second-order valence-electron chi connectivity index (χ2n) is 6.86. The summed E-state index contributed by atoms with van der Waals surface area (Å²) in [6.07, 6.45) is 1.19. The zero-order chi connectivity index (χ0) is 18.1. The van der Waals surface area contributed by atoms with Crippen molar-refractivity contribution >= 4 is 23.4 Å². The van der Waals surface area contributed by atoms with Crippen molar-refractivity contribution in [3.63, 3.8) is 0 Å². The summed E-state index contributed by atoms with van der Waals surface area (Å²) in [4.78, 5) is 39.2. The maximum Gasteiger partial charge on any atom is 0.228 e. The van der Waals surface area contributed by atoms with Gasteiger partial charge in [0.2, 0.25) is 17.7 Å². The molecule has 0 aliphatic carbocycles. The standard InChI is InChI=1S/C18H22FN3O3/c1-11-2-3-15(14(19)8-11)22-10-13(9-16(22)23)18(25)21-6-4-12(5-7-21)17(20)24/h2-3,8,12-13H,4-7,9-10H2,1H3,(H2,20,24)/t13-/m1/s1. The number of primary amides is 1. The van der Waals surface area contributed by atoms with Gasteiger partial charge in [0.25, 0.3) is 0 Å². The predicted octanol–water partition coefficient (Wildman–Crippen LogP) is 1.21. The summed E-state index contributed by atoms with van der Waals surface area (Å²) in [6.45, 7) is 2.90. The van der Waals surface area contributed by atoms with Crippen LogP contribution >= 0.6 is 0 Å². The van der Waals surface area contributed by atoms with Gasteiger partial charge in [0, 0.05) is 32.0 Å². The van der Waals surface area contributed by atoms with E-state index in [-0.39, 0.29) is 42.3 Å². The van der Waals surface area contributed by atoms with Gasteiger partial charge in [-0.25, -0.2) is 4.39 Å².